The molecule has 0 aromatic heterocycles. The highest BCUT2D eigenvalue weighted by Crippen LogP contribution is 2.48. The molecule has 20 heavy (non-hydrogen) atoms. The number of rotatable bonds is 2. The van der Waals surface area contributed by atoms with Crippen molar-refractivity contribution in [2.45, 2.75) is 20.3 Å². The van der Waals surface area contributed by atoms with E-state index in [1.54, 1.807) is 24.2 Å². The molecule has 1 unspecified atom stereocenters. The molecule has 0 aromatic carbocycles. The predicted molar refractivity (Wildman–Crippen MR) is 80.6 cm³/mol. The van der Waals surface area contributed by atoms with Crippen molar-refractivity contribution in [3.8, 4) is 0 Å². The molecule has 1 amide bonds. The Morgan fingerprint density at radius 3 is 3.20 bits per heavy atom. The Morgan fingerprint density at radius 2 is 2.40 bits per heavy atom. The number of carbonyl (C=O) groups is 1. The van der Waals surface area contributed by atoms with Crippen LogP contribution in [-0.4, -0.2) is 24.0 Å². The van der Waals surface area contributed by atoms with Gasteiger partial charge in [-0.3, -0.25) is 5.32 Å². The van der Waals surface area contributed by atoms with Gasteiger partial charge in [0.25, 0.3) is 0 Å². The Labute approximate surface area is 121 Å². The molecule has 1 aliphatic heterocycles. The van der Waals surface area contributed by atoms with E-state index >= 15 is 0 Å². The highest BCUT2D eigenvalue weighted by atomic mass is 32.2. The van der Waals surface area contributed by atoms with Gasteiger partial charge in [0.05, 0.1) is 17.9 Å². The fraction of sp³-hybridized carbons (Fsp3) is 0.357. The van der Waals surface area contributed by atoms with Crippen LogP contribution >= 0.6 is 11.8 Å². The quantitative estimate of drug-likeness (QED) is 0.850. The number of nitrogens with zero attached hydrogens (tertiary/aromatic N) is 2. The van der Waals surface area contributed by atoms with Gasteiger partial charge < -0.3 is 4.74 Å². The van der Waals surface area contributed by atoms with Crippen LogP contribution in [0.5, 0.6) is 0 Å². The number of alkyl carbamates (subject to hydrolysis) is 1. The van der Waals surface area contributed by atoms with Gasteiger partial charge in [-0.25, -0.2) is 4.79 Å². The Kier molecular flexibility index (Phi) is 3.25. The van der Waals surface area contributed by atoms with Crippen molar-refractivity contribution in [3.63, 3.8) is 0 Å². The van der Waals surface area contributed by atoms with Crippen LogP contribution in [0, 0.1) is 5.41 Å². The Morgan fingerprint density at radius 1 is 1.55 bits per heavy atom. The van der Waals surface area contributed by atoms with Crippen molar-refractivity contribution in [3.05, 3.63) is 34.4 Å². The molecule has 1 N–H and O–H groups in total. The molecule has 0 saturated carbocycles. The highest BCUT2D eigenvalue weighted by molar-refractivity contribution is 8.16. The lowest BCUT2D eigenvalue weighted by molar-refractivity contribution is 0.155. The zero-order valence-electron chi connectivity index (χ0n) is 11.3. The minimum atomic E-state index is -0.419. The van der Waals surface area contributed by atoms with Crippen LogP contribution in [0.15, 0.2) is 44.6 Å². The van der Waals surface area contributed by atoms with Crippen LogP contribution in [-0.2, 0) is 4.74 Å². The number of hydrogen-bond donors (Lipinski definition) is 1. The second kappa shape index (κ2) is 4.94. The van der Waals surface area contributed by atoms with Crippen LogP contribution < -0.4 is 5.32 Å². The second-order valence-corrected chi connectivity index (χ2v) is 5.82. The summed E-state index contributed by atoms with van der Waals surface area (Å²) >= 11 is 1.58. The van der Waals surface area contributed by atoms with E-state index in [9.17, 15) is 4.79 Å². The zero-order chi connectivity index (χ0) is 14.2. The summed E-state index contributed by atoms with van der Waals surface area (Å²) in [6, 6.07) is 0. The summed E-state index contributed by atoms with van der Waals surface area (Å²) in [5.74, 6) is 0. The molecule has 0 saturated heterocycles. The third-order valence-electron chi connectivity index (χ3n) is 3.63. The summed E-state index contributed by atoms with van der Waals surface area (Å²) in [7, 11) is 0. The van der Waals surface area contributed by atoms with Crippen molar-refractivity contribution in [1.82, 2.24) is 5.32 Å². The predicted octanol–water partition coefficient (Wildman–Crippen LogP) is 2.98. The topological polar surface area (TPSA) is 63.0 Å². The number of hydrogen-bond acceptors (Lipinski definition) is 5. The van der Waals surface area contributed by atoms with E-state index in [4.69, 9.17) is 4.74 Å². The van der Waals surface area contributed by atoms with Crippen molar-refractivity contribution in [2.75, 3.05) is 6.61 Å². The monoisotopic (exact) mass is 289 g/mol. The first kappa shape index (κ1) is 13.2. The first-order valence-electron chi connectivity index (χ1n) is 6.48. The summed E-state index contributed by atoms with van der Waals surface area (Å²) in [6.45, 7) is 4.30. The van der Waals surface area contributed by atoms with E-state index in [2.05, 4.69) is 28.5 Å². The first-order valence-corrected chi connectivity index (χ1v) is 7.36. The highest BCUT2D eigenvalue weighted by Gasteiger charge is 2.42. The summed E-state index contributed by atoms with van der Waals surface area (Å²) < 4.78 is 4.89. The molecule has 1 heterocycles. The van der Waals surface area contributed by atoms with E-state index in [0.29, 0.717) is 6.61 Å². The number of amides is 1. The third-order valence-corrected chi connectivity index (χ3v) is 4.39. The second-order valence-electron chi connectivity index (χ2n) is 4.94. The molecule has 104 valence electrons. The van der Waals surface area contributed by atoms with Gasteiger partial charge in [-0.05, 0) is 38.0 Å². The SMILES string of the molecule is CCOC(=O)NC1=CCC2(C)C(=C1)C=C1SC=NN=C12. The molecule has 0 aromatic rings. The number of carbonyl (C=O) groups excluding carboxylic acids is 1. The minimum Gasteiger partial charge on any atom is -0.450 e. The lowest BCUT2D eigenvalue weighted by atomic mass is 9.76. The average molecular weight is 289 g/mol. The van der Waals surface area contributed by atoms with Gasteiger partial charge in [0.2, 0.25) is 0 Å². The van der Waals surface area contributed by atoms with Crippen LogP contribution in [0.2, 0.25) is 0 Å². The largest absolute Gasteiger partial charge is 0.450 e. The van der Waals surface area contributed by atoms with E-state index in [1.807, 2.05) is 12.2 Å². The number of ether oxygens (including phenoxy) is 1. The van der Waals surface area contributed by atoms with Gasteiger partial charge >= 0.3 is 6.09 Å². The maximum Gasteiger partial charge on any atom is 0.411 e. The van der Waals surface area contributed by atoms with Gasteiger partial charge in [0.1, 0.15) is 0 Å². The fourth-order valence-corrected chi connectivity index (χ4v) is 3.30. The van der Waals surface area contributed by atoms with Gasteiger partial charge in [0, 0.05) is 16.0 Å². The van der Waals surface area contributed by atoms with E-state index in [-0.39, 0.29) is 5.41 Å². The molecule has 6 heteroatoms. The zero-order valence-corrected chi connectivity index (χ0v) is 12.2. The first-order chi connectivity index (χ1) is 9.63. The minimum absolute atomic E-state index is 0.139. The fourth-order valence-electron chi connectivity index (χ4n) is 2.52. The molecular weight excluding hydrogens is 274 g/mol. The smallest absolute Gasteiger partial charge is 0.411 e. The molecule has 1 atom stereocenters. The Hall–Kier alpha value is -1.82. The van der Waals surface area contributed by atoms with Crippen LogP contribution in [0.25, 0.3) is 0 Å². The standard InChI is InChI=1S/C14H15N3O2S/c1-3-19-13(18)16-10-4-5-14(2)9(6-10)7-11-12(14)17-15-8-20-11/h4,6-8H,3,5H2,1-2H3,(H,16,18). The number of fused-ring (bicyclic) bond motifs is 3. The molecule has 2 aliphatic carbocycles. The van der Waals surface area contributed by atoms with Crippen molar-refractivity contribution < 1.29 is 9.53 Å². The molecule has 0 radical (unpaired) electrons. The Balaban J connectivity index is 1.84. The number of thioether (sulfide) groups is 1. The molecule has 5 nitrogen and oxygen atoms in total. The third kappa shape index (κ3) is 2.10. The molecule has 0 bridgehead atoms. The van der Waals surface area contributed by atoms with Gasteiger partial charge in [-0.15, -0.1) is 0 Å². The number of nitrogens with one attached hydrogen (secondary N) is 1. The molecule has 3 aliphatic rings. The van der Waals surface area contributed by atoms with Crippen LogP contribution in [0.3, 0.4) is 0 Å². The van der Waals surface area contributed by atoms with Crippen LogP contribution in [0.1, 0.15) is 20.3 Å². The molecular formula is C14H15N3O2S. The lowest BCUT2D eigenvalue weighted by Crippen LogP contribution is -2.30. The van der Waals surface area contributed by atoms with Crippen molar-refractivity contribution >= 4 is 29.1 Å². The summed E-state index contributed by atoms with van der Waals surface area (Å²) in [5, 5.41) is 11.0. The number of allylic oxidation sites excluding steroid dienone is 5. The van der Waals surface area contributed by atoms with E-state index in [0.717, 1.165) is 28.3 Å². The summed E-state index contributed by atoms with van der Waals surface area (Å²) in [6.07, 6.45) is 6.47. The van der Waals surface area contributed by atoms with Crippen molar-refractivity contribution in [1.29, 1.82) is 0 Å². The average Bonchev–Trinajstić information content (AvgIpc) is 2.72. The summed E-state index contributed by atoms with van der Waals surface area (Å²) in [5.41, 5.74) is 4.54. The van der Waals surface area contributed by atoms with Gasteiger partial charge in [0.15, 0.2) is 0 Å². The molecule has 3 rings (SSSR count). The van der Waals surface area contributed by atoms with E-state index in [1.165, 1.54) is 0 Å². The molecule has 0 spiro atoms. The summed E-state index contributed by atoms with van der Waals surface area (Å²) in [4.78, 5) is 12.6. The maximum absolute atomic E-state index is 11.5. The molecule has 0 fully saturated rings. The van der Waals surface area contributed by atoms with Crippen LogP contribution in [0.4, 0.5) is 4.79 Å². The Bertz CT molecular complexity index is 616. The van der Waals surface area contributed by atoms with E-state index < -0.39 is 6.09 Å². The van der Waals surface area contributed by atoms with Gasteiger partial charge in [-0.2, -0.15) is 10.2 Å². The van der Waals surface area contributed by atoms with Gasteiger partial charge in [-0.1, -0.05) is 17.8 Å². The normalized spacial score (nSPS) is 26.7. The lowest BCUT2D eigenvalue weighted by Gasteiger charge is -2.30. The van der Waals surface area contributed by atoms with Crippen molar-refractivity contribution in [2.24, 2.45) is 15.6 Å². The maximum atomic E-state index is 11.5.